The number of aliphatic hydroxyl groups excluding tert-OH is 3. The van der Waals surface area contributed by atoms with Crippen molar-refractivity contribution in [1.29, 1.82) is 0 Å². The van der Waals surface area contributed by atoms with Crippen LogP contribution in [0.3, 0.4) is 0 Å². The topological polar surface area (TPSA) is 214 Å². The minimum absolute atomic E-state index is 0. The Labute approximate surface area is 144 Å². The van der Waals surface area contributed by atoms with Crippen LogP contribution >= 0.6 is 9.90 Å². The van der Waals surface area contributed by atoms with Gasteiger partial charge < -0.3 is 25.8 Å². The fraction of sp³-hybridized carbons (Fsp3) is 0.500. The number of hydrogen-bond donors (Lipinski definition) is 6. The number of aliphatic hydroxyl groups is 3. The summed E-state index contributed by atoms with van der Waals surface area (Å²) >= 11 is 0. The van der Waals surface area contributed by atoms with E-state index in [1.807, 2.05) is 0 Å². The van der Waals surface area contributed by atoms with Crippen LogP contribution in [-0.4, -0.2) is 77.3 Å². The van der Waals surface area contributed by atoms with Gasteiger partial charge in [0.05, 0.1) is 12.9 Å². The molecule has 2 aromatic heterocycles. The monoisotopic (exact) mass is 399 g/mol. The molecule has 0 saturated carbocycles. The number of rotatable bonds is 2. The third-order valence-corrected chi connectivity index (χ3v) is 3.18. The zero-order chi connectivity index (χ0) is 18.1. The van der Waals surface area contributed by atoms with Crippen molar-refractivity contribution in [3.05, 3.63) is 12.7 Å². The van der Waals surface area contributed by atoms with Gasteiger partial charge in [0, 0.05) is 0 Å². The van der Waals surface area contributed by atoms with Crippen molar-refractivity contribution in [2.24, 2.45) is 0 Å². The summed E-state index contributed by atoms with van der Waals surface area (Å²) in [6, 6.07) is 0. The van der Waals surface area contributed by atoms with Crippen LogP contribution in [0.25, 0.3) is 11.2 Å². The van der Waals surface area contributed by atoms with Crippen LogP contribution < -0.4 is 5.73 Å². The second-order valence-corrected chi connectivity index (χ2v) is 5.66. The number of anilines is 1. The van der Waals surface area contributed by atoms with Crippen LogP contribution in [0.5, 0.6) is 0 Å². The molecule has 7 N–H and O–H groups in total. The molecule has 0 spiro atoms. The third-order valence-electron chi connectivity index (χ3n) is 3.18. The van der Waals surface area contributed by atoms with E-state index >= 15 is 0 Å². The molecule has 15 heteroatoms. The number of ether oxygens (including phenoxy) is 1. The minimum atomic E-state index is -4.67. The molecule has 3 rings (SSSR count). The Bertz CT molecular complexity index is 809. The number of imidazole rings is 1. The summed E-state index contributed by atoms with van der Waals surface area (Å²) in [7, 11) is -4.67. The van der Waals surface area contributed by atoms with Crippen molar-refractivity contribution in [1.82, 2.24) is 19.5 Å². The standard InChI is InChI=1S/C10H13N5O4.H2O4S.H3P/c11-8-5-9(13-2-12-8)15(3-14-5)10-7(18)6(17)4(1-16)19-10;1-5(2,3)4;/h2-4,6-7,10,16-18H,1H2,(H2,11,12,13);(H2,1,2,3,4);1H3/t4-,6-,7-,10-;;/m1../s1. The highest BCUT2D eigenvalue weighted by Gasteiger charge is 2.43. The first-order valence-electron chi connectivity index (χ1n) is 6.38. The van der Waals surface area contributed by atoms with E-state index in [4.69, 9.17) is 33.1 Å². The van der Waals surface area contributed by atoms with Gasteiger partial charge in [-0.15, -0.1) is 0 Å². The van der Waals surface area contributed by atoms with E-state index in [0.717, 1.165) is 0 Å². The van der Waals surface area contributed by atoms with Gasteiger partial charge in [0.25, 0.3) is 0 Å². The predicted octanol–water partition coefficient (Wildman–Crippen LogP) is -2.57. The maximum absolute atomic E-state index is 9.95. The molecule has 0 aromatic carbocycles. The maximum atomic E-state index is 9.95. The first kappa shape index (κ1) is 21.5. The zero-order valence-electron chi connectivity index (χ0n) is 12.6. The van der Waals surface area contributed by atoms with Crippen molar-refractivity contribution >= 4 is 37.3 Å². The lowest BCUT2D eigenvalue weighted by atomic mass is 10.1. The molecule has 1 saturated heterocycles. The lowest BCUT2D eigenvalue weighted by Gasteiger charge is -2.16. The smallest absolute Gasteiger partial charge is 0.394 e. The summed E-state index contributed by atoms with van der Waals surface area (Å²) in [5.74, 6) is 0.218. The van der Waals surface area contributed by atoms with Crippen molar-refractivity contribution < 1.29 is 37.6 Å². The van der Waals surface area contributed by atoms with Gasteiger partial charge in [-0.2, -0.15) is 18.3 Å². The minimum Gasteiger partial charge on any atom is -0.394 e. The van der Waals surface area contributed by atoms with Crippen LogP contribution in [0.2, 0.25) is 0 Å². The number of nitrogens with two attached hydrogens (primary N) is 1. The first-order valence-corrected chi connectivity index (χ1v) is 7.78. The van der Waals surface area contributed by atoms with E-state index in [1.165, 1.54) is 17.2 Å². The van der Waals surface area contributed by atoms with E-state index in [-0.39, 0.29) is 15.7 Å². The number of hydrogen-bond acceptors (Lipinski definition) is 10. The second-order valence-electron chi connectivity index (χ2n) is 4.76. The van der Waals surface area contributed by atoms with Gasteiger partial charge in [0.1, 0.15) is 30.2 Å². The molecule has 1 unspecified atom stereocenters. The summed E-state index contributed by atoms with van der Waals surface area (Å²) < 4.78 is 38.4. The van der Waals surface area contributed by atoms with Crippen molar-refractivity contribution in [3.63, 3.8) is 0 Å². The first-order chi connectivity index (χ1) is 11.1. The summed E-state index contributed by atoms with van der Waals surface area (Å²) in [5, 5.41) is 28.7. The molecule has 5 atom stereocenters. The van der Waals surface area contributed by atoms with Gasteiger partial charge in [-0.3, -0.25) is 13.7 Å². The molecule has 1 aliphatic heterocycles. The van der Waals surface area contributed by atoms with Crippen molar-refractivity contribution in [3.8, 4) is 0 Å². The van der Waals surface area contributed by atoms with E-state index in [0.29, 0.717) is 11.2 Å². The average Bonchev–Trinajstić information content (AvgIpc) is 3.01. The largest absolute Gasteiger partial charge is 0.394 e. The number of aromatic nitrogens is 4. The van der Waals surface area contributed by atoms with Crippen LogP contribution in [0, 0.1) is 0 Å². The Hall–Kier alpha value is -1.51. The predicted molar refractivity (Wildman–Crippen MR) is 88.0 cm³/mol. The van der Waals surface area contributed by atoms with Gasteiger partial charge >= 0.3 is 10.4 Å². The summed E-state index contributed by atoms with van der Waals surface area (Å²) in [5.41, 5.74) is 6.44. The SMILES string of the molecule is Nc1ncnc2c1ncn2[C@@H]1O[C@H](CO)[C@@H](O)[C@H]1O.O=S(=O)(O)O.P. The van der Waals surface area contributed by atoms with E-state index < -0.39 is 41.5 Å². The summed E-state index contributed by atoms with van der Waals surface area (Å²) in [6.45, 7) is -0.390. The second kappa shape index (κ2) is 8.25. The van der Waals surface area contributed by atoms with Crippen LogP contribution in [0.1, 0.15) is 6.23 Å². The van der Waals surface area contributed by atoms with E-state index in [9.17, 15) is 10.2 Å². The highest BCUT2D eigenvalue weighted by molar-refractivity contribution is 7.79. The molecule has 2 aromatic rings. The molecule has 0 radical (unpaired) electrons. The van der Waals surface area contributed by atoms with Crippen LogP contribution in [0.4, 0.5) is 5.82 Å². The van der Waals surface area contributed by atoms with Gasteiger partial charge in [-0.1, -0.05) is 0 Å². The molecule has 0 amide bonds. The van der Waals surface area contributed by atoms with Crippen LogP contribution in [-0.2, 0) is 15.1 Å². The fourth-order valence-electron chi connectivity index (χ4n) is 2.17. The molecule has 0 bridgehead atoms. The van der Waals surface area contributed by atoms with Gasteiger partial charge in [-0.25, -0.2) is 15.0 Å². The zero-order valence-corrected chi connectivity index (χ0v) is 14.8. The number of nitrogens with zero attached hydrogens (tertiary/aromatic N) is 4. The van der Waals surface area contributed by atoms with Crippen molar-refractivity contribution in [2.75, 3.05) is 12.3 Å². The van der Waals surface area contributed by atoms with Gasteiger partial charge in [-0.05, 0) is 0 Å². The summed E-state index contributed by atoms with van der Waals surface area (Å²) in [6.07, 6.45) is -1.42. The Balaban J connectivity index is 0.000000462. The lowest BCUT2D eigenvalue weighted by molar-refractivity contribution is -0.0511. The molecule has 25 heavy (non-hydrogen) atoms. The fourth-order valence-corrected chi connectivity index (χ4v) is 2.17. The Morgan fingerprint density at radius 2 is 1.80 bits per heavy atom. The quantitative estimate of drug-likeness (QED) is 0.227. The molecular formula is C10H18N5O8PS. The number of nitrogen functional groups attached to an aromatic ring is 1. The highest BCUT2D eigenvalue weighted by Crippen LogP contribution is 2.31. The van der Waals surface area contributed by atoms with E-state index in [1.54, 1.807) is 0 Å². The molecule has 3 heterocycles. The molecule has 142 valence electrons. The average molecular weight is 399 g/mol. The van der Waals surface area contributed by atoms with Gasteiger partial charge in [0.15, 0.2) is 17.7 Å². The van der Waals surface area contributed by atoms with Gasteiger partial charge in [0.2, 0.25) is 0 Å². The number of fused-ring (bicyclic) bond motifs is 1. The summed E-state index contributed by atoms with van der Waals surface area (Å²) in [4.78, 5) is 11.9. The molecule has 13 nitrogen and oxygen atoms in total. The molecule has 1 fully saturated rings. The Morgan fingerprint density at radius 3 is 2.32 bits per heavy atom. The maximum Gasteiger partial charge on any atom is 0.394 e. The third kappa shape index (κ3) is 4.99. The van der Waals surface area contributed by atoms with E-state index in [2.05, 4.69) is 15.0 Å². The van der Waals surface area contributed by atoms with Crippen molar-refractivity contribution in [2.45, 2.75) is 24.5 Å². The molecule has 1 aliphatic rings. The molecule has 0 aliphatic carbocycles. The Morgan fingerprint density at radius 1 is 1.20 bits per heavy atom. The normalized spacial score (nSPS) is 26.0. The van der Waals surface area contributed by atoms with Crippen LogP contribution in [0.15, 0.2) is 12.7 Å². The Kier molecular flexibility index (Phi) is 7.10. The molecular weight excluding hydrogens is 381 g/mol. The highest BCUT2D eigenvalue weighted by atomic mass is 32.3. The lowest BCUT2D eigenvalue weighted by Crippen LogP contribution is -2.33.